The Balaban J connectivity index is 2.08. The summed E-state index contributed by atoms with van der Waals surface area (Å²) in [5.41, 5.74) is 1.05. The summed E-state index contributed by atoms with van der Waals surface area (Å²) in [7, 11) is 0. The standard InChI is InChI=1S/C15H17NO4/c1-10-8-13(18)15-11(9-16-4-6-19-7-5-16)12(17)2-3-14(15)20-10/h2-3,8,17H,4-7,9H2,1H3. The fourth-order valence-corrected chi connectivity index (χ4v) is 2.57. The Morgan fingerprint density at radius 1 is 1.30 bits per heavy atom. The smallest absolute Gasteiger partial charge is 0.193 e. The van der Waals surface area contributed by atoms with Crippen LogP contribution in [0, 0.1) is 6.92 Å². The van der Waals surface area contributed by atoms with Crippen LogP contribution in [0.15, 0.2) is 27.4 Å². The number of nitrogens with zero attached hydrogens (tertiary/aromatic N) is 1. The lowest BCUT2D eigenvalue weighted by molar-refractivity contribution is 0.0340. The summed E-state index contributed by atoms with van der Waals surface area (Å²) in [5, 5.41) is 10.6. The van der Waals surface area contributed by atoms with Crippen LogP contribution >= 0.6 is 0 Å². The zero-order chi connectivity index (χ0) is 14.1. The van der Waals surface area contributed by atoms with Gasteiger partial charge in [-0.15, -0.1) is 0 Å². The van der Waals surface area contributed by atoms with Crippen LogP contribution in [0.1, 0.15) is 11.3 Å². The molecule has 3 rings (SSSR count). The summed E-state index contributed by atoms with van der Waals surface area (Å²) in [5.74, 6) is 0.714. The molecule has 0 radical (unpaired) electrons. The Bertz CT molecular complexity index is 686. The van der Waals surface area contributed by atoms with E-state index in [0.29, 0.717) is 42.1 Å². The highest BCUT2D eigenvalue weighted by atomic mass is 16.5. The number of aromatic hydroxyl groups is 1. The average Bonchev–Trinajstić information content (AvgIpc) is 2.43. The number of ether oxygens (including phenoxy) is 1. The van der Waals surface area contributed by atoms with Gasteiger partial charge in [-0.05, 0) is 19.1 Å². The van der Waals surface area contributed by atoms with Crippen molar-refractivity contribution in [2.75, 3.05) is 26.3 Å². The molecule has 5 heteroatoms. The first-order chi connectivity index (χ1) is 9.65. The highest BCUT2D eigenvalue weighted by Gasteiger charge is 2.17. The second kappa shape index (κ2) is 5.26. The van der Waals surface area contributed by atoms with Crippen molar-refractivity contribution in [3.63, 3.8) is 0 Å². The van der Waals surface area contributed by atoms with Gasteiger partial charge in [0.2, 0.25) is 0 Å². The van der Waals surface area contributed by atoms with Gasteiger partial charge in [0.25, 0.3) is 0 Å². The lowest BCUT2D eigenvalue weighted by atomic mass is 10.1. The Morgan fingerprint density at radius 2 is 2.05 bits per heavy atom. The minimum atomic E-state index is -0.108. The number of fused-ring (bicyclic) bond motifs is 1. The fourth-order valence-electron chi connectivity index (χ4n) is 2.57. The molecule has 5 nitrogen and oxygen atoms in total. The first kappa shape index (κ1) is 13.1. The van der Waals surface area contributed by atoms with Crippen molar-refractivity contribution in [2.24, 2.45) is 0 Å². The van der Waals surface area contributed by atoms with Crippen LogP contribution in [0.5, 0.6) is 5.75 Å². The van der Waals surface area contributed by atoms with E-state index in [0.717, 1.165) is 13.1 Å². The molecule has 0 amide bonds. The van der Waals surface area contributed by atoms with Crippen molar-refractivity contribution in [1.82, 2.24) is 4.90 Å². The maximum absolute atomic E-state index is 12.2. The van der Waals surface area contributed by atoms with Crippen molar-refractivity contribution in [1.29, 1.82) is 0 Å². The molecule has 0 unspecified atom stereocenters. The van der Waals surface area contributed by atoms with Gasteiger partial charge in [-0.25, -0.2) is 0 Å². The third kappa shape index (κ3) is 2.42. The molecule has 1 aromatic carbocycles. The molecule has 106 valence electrons. The molecule has 1 aliphatic rings. The molecule has 1 aliphatic heterocycles. The molecule has 1 aromatic heterocycles. The van der Waals surface area contributed by atoms with Crippen LogP contribution in [-0.4, -0.2) is 36.3 Å². The normalized spacial score (nSPS) is 16.6. The zero-order valence-electron chi connectivity index (χ0n) is 11.4. The van der Waals surface area contributed by atoms with E-state index in [9.17, 15) is 9.90 Å². The summed E-state index contributed by atoms with van der Waals surface area (Å²) >= 11 is 0. The molecular weight excluding hydrogens is 258 g/mol. The predicted molar refractivity (Wildman–Crippen MR) is 75.0 cm³/mol. The van der Waals surface area contributed by atoms with Crippen molar-refractivity contribution in [3.05, 3.63) is 39.7 Å². The number of hydrogen-bond donors (Lipinski definition) is 1. The highest BCUT2D eigenvalue weighted by molar-refractivity contribution is 5.82. The largest absolute Gasteiger partial charge is 0.508 e. The van der Waals surface area contributed by atoms with E-state index in [1.54, 1.807) is 19.1 Å². The molecule has 0 atom stereocenters. The second-order valence-electron chi connectivity index (χ2n) is 5.05. The predicted octanol–water partition coefficient (Wildman–Crippen LogP) is 1.64. The summed E-state index contributed by atoms with van der Waals surface area (Å²) in [6.45, 7) is 5.23. The molecule has 1 saturated heterocycles. The minimum Gasteiger partial charge on any atom is -0.508 e. The molecule has 20 heavy (non-hydrogen) atoms. The van der Waals surface area contributed by atoms with Gasteiger partial charge in [-0.1, -0.05) is 0 Å². The van der Waals surface area contributed by atoms with Gasteiger partial charge < -0.3 is 14.3 Å². The lowest BCUT2D eigenvalue weighted by Crippen LogP contribution is -2.35. The number of phenols is 1. The molecule has 0 bridgehead atoms. The quantitative estimate of drug-likeness (QED) is 0.902. The number of hydrogen-bond acceptors (Lipinski definition) is 5. The highest BCUT2D eigenvalue weighted by Crippen LogP contribution is 2.27. The SMILES string of the molecule is Cc1cc(=O)c2c(CN3CCOCC3)c(O)ccc2o1. The van der Waals surface area contributed by atoms with Crippen LogP contribution < -0.4 is 5.43 Å². The van der Waals surface area contributed by atoms with Crippen LogP contribution in [0.2, 0.25) is 0 Å². The van der Waals surface area contributed by atoms with Gasteiger partial charge in [0.1, 0.15) is 17.1 Å². The second-order valence-corrected chi connectivity index (χ2v) is 5.05. The third-order valence-electron chi connectivity index (χ3n) is 3.59. The van der Waals surface area contributed by atoms with Crippen LogP contribution in [0.4, 0.5) is 0 Å². The zero-order valence-corrected chi connectivity index (χ0v) is 11.4. The molecule has 1 fully saturated rings. The lowest BCUT2D eigenvalue weighted by Gasteiger charge is -2.27. The first-order valence-corrected chi connectivity index (χ1v) is 6.70. The number of aryl methyl sites for hydroxylation is 1. The Morgan fingerprint density at radius 3 is 2.80 bits per heavy atom. The maximum Gasteiger partial charge on any atom is 0.193 e. The van der Waals surface area contributed by atoms with Gasteiger partial charge in [-0.3, -0.25) is 9.69 Å². The molecule has 2 heterocycles. The summed E-state index contributed by atoms with van der Waals surface area (Å²) in [4.78, 5) is 14.4. The van der Waals surface area contributed by atoms with Gasteiger partial charge in [0, 0.05) is 31.3 Å². The van der Waals surface area contributed by atoms with Crippen LogP contribution in [0.3, 0.4) is 0 Å². The van der Waals surface area contributed by atoms with Crippen molar-refractivity contribution in [2.45, 2.75) is 13.5 Å². The Labute approximate surface area is 116 Å². The van der Waals surface area contributed by atoms with E-state index in [1.165, 1.54) is 6.07 Å². The Hall–Kier alpha value is -1.85. The first-order valence-electron chi connectivity index (χ1n) is 6.70. The van der Waals surface area contributed by atoms with Crippen molar-refractivity contribution < 1.29 is 14.3 Å². The summed E-state index contributed by atoms with van der Waals surface area (Å²) in [6, 6.07) is 4.69. The summed E-state index contributed by atoms with van der Waals surface area (Å²) in [6.07, 6.45) is 0. The molecule has 0 aliphatic carbocycles. The summed E-state index contributed by atoms with van der Waals surface area (Å²) < 4.78 is 10.9. The number of benzene rings is 1. The topological polar surface area (TPSA) is 62.9 Å². The molecular formula is C15H17NO4. The Kier molecular flexibility index (Phi) is 3.46. The van der Waals surface area contributed by atoms with Gasteiger partial charge in [0.15, 0.2) is 5.43 Å². The van der Waals surface area contributed by atoms with E-state index in [2.05, 4.69) is 4.90 Å². The van der Waals surface area contributed by atoms with E-state index in [4.69, 9.17) is 9.15 Å². The average molecular weight is 275 g/mol. The maximum atomic E-state index is 12.2. The molecule has 0 saturated carbocycles. The van der Waals surface area contributed by atoms with E-state index < -0.39 is 0 Å². The van der Waals surface area contributed by atoms with E-state index in [1.807, 2.05) is 0 Å². The molecule has 0 spiro atoms. The van der Waals surface area contributed by atoms with E-state index >= 15 is 0 Å². The van der Waals surface area contributed by atoms with Crippen LogP contribution in [0.25, 0.3) is 11.0 Å². The number of rotatable bonds is 2. The minimum absolute atomic E-state index is 0.108. The monoisotopic (exact) mass is 275 g/mol. The third-order valence-corrected chi connectivity index (χ3v) is 3.59. The van der Waals surface area contributed by atoms with Gasteiger partial charge in [-0.2, -0.15) is 0 Å². The van der Waals surface area contributed by atoms with Crippen molar-refractivity contribution >= 4 is 11.0 Å². The molecule has 2 aromatic rings. The van der Waals surface area contributed by atoms with Gasteiger partial charge >= 0.3 is 0 Å². The van der Waals surface area contributed by atoms with Gasteiger partial charge in [0.05, 0.1) is 18.6 Å². The molecule has 1 N–H and O–H groups in total. The van der Waals surface area contributed by atoms with Crippen molar-refractivity contribution in [3.8, 4) is 5.75 Å². The fraction of sp³-hybridized carbons (Fsp3) is 0.400. The number of morpholine rings is 1. The van der Waals surface area contributed by atoms with E-state index in [-0.39, 0.29) is 11.2 Å². The van der Waals surface area contributed by atoms with Crippen LogP contribution in [-0.2, 0) is 11.3 Å². The number of phenolic OH excluding ortho intramolecular Hbond substituents is 1.